The third-order valence-electron chi connectivity index (χ3n) is 7.67. The summed E-state index contributed by atoms with van der Waals surface area (Å²) in [4.78, 5) is 38.8. The quantitative estimate of drug-likeness (QED) is 0.243. The molecule has 0 unspecified atom stereocenters. The lowest BCUT2D eigenvalue weighted by Crippen LogP contribution is -2.40. The molecule has 0 bridgehead atoms. The highest BCUT2D eigenvalue weighted by Gasteiger charge is 2.56. The average molecular weight is 554 g/mol. The molecule has 4 atom stereocenters. The Morgan fingerprint density at radius 1 is 1.18 bits per heavy atom. The van der Waals surface area contributed by atoms with Gasteiger partial charge < -0.3 is 20.1 Å². The molecule has 2 aliphatic rings. The van der Waals surface area contributed by atoms with Crippen LogP contribution < -0.4 is 0 Å². The van der Waals surface area contributed by atoms with E-state index in [0.717, 1.165) is 23.8 Å². The number of aliphatic hydroxyl groups excluding tert-OH is 2. The summed E-state index contributed by atoms with van der Waals surface area (Å²) in [6.07, 6.45) is 1.36. The summed E-state index contributed by atoms with van der Waals surface area (Å²) in [5.74, 6) is -3.80. The van der Waals surface area contributed by atoms with Gasteiger partial charge in [0.1, 0.15) is 5.75 Å². The number of benzene rings is 2. The van der Waals surface area contributed by atoms with Gasteiger partial charge in [-0.15, -0.1) is 0 Å². The highest BCUT2D eigenvalue weighted by atomic mass is 35.5. The normalized spacial score (nSPS) is 22.2. The number of amides is 3. The number of allylic oxidation sites excluding steroid dienone is 2. The van der Waals surface area contributed by atoms with E-state index >= 15 is 0 Å². The van der Waals surface area contributed by atoms with Gasteiger partial charge in [-0.3, -0.25) is 9.59 Å². The number of carbonyl (C=O) groups is 3. The minimum absolute atomic E-state index is 0.0595. The van der Waals surface area contributed by atoms with Gasteiger partial charge in [-0.1, -0.05) is 54.4 Å². The number of rotatable bonds is 8. The van der Waals surface area contributed by atoms with Crippen molar-refractivity contribution in [3.63, 3.8) is 0 Å². The monoisotopic (exact) mass is 553 g/mol. The molecule has 1 saturated heterocycles. The fourth-order valence-electron chi connectivity index (χ4n) is 5.79. The number of phenolic OH excluding ortho intramolecular Hbond substituents is 1. The lowest BCUT2D eigenvalue weighted by molar-refractivity contribution is -0.137. The molecule has 39 heavy (non-hydrogen) atoms. The first-order chi connectivity index (χ1) is 18.7. The van der Waals surface area contributed by atoms with Crippen LogP contribution in [-0.2, 0) is 14.3 Å². The fourth-order valence-corrected chi connectivity index (χ4v) is 6.02. The van der Waals surface area contributed by atoms with Gasteiger partial charge >= 0.3 is 6.09 Å². The van der Waals surface area contributed by atoms with Gasteiger partial charge in [0.25, 0.3) is 0 Å². The van der Waals surface area contributed by atoms with Crippen molar-refractivity contribution in [3.05, 3.63) is 75.8 Å². The Morgan fingerprint density at radius 2 is 1.90 bits per heavy atom. The smallest absolute Gasteiger partial charge is 0.423 e. The molecule has 0 saturated carbocycles. The predicted octanol–water partition coefficient (Wildman–Crippen LogP) is 4.81. The third kappa shape index (κ3) is 5.64. The molecule has 3 N–H and O–H groups in total. The van der Waals surface area contributed by atoms with Gasteiger partial charge in [0.2, 0.25) is 11.8 Å². The summed E-state index contributed by atoms with van der Waals surface area (Å²) in [5.41, 5.74) is 3.92. The van der Waals surface area contributed by atoms with Crippen molar-refractivity contribution in [2.75, 3.05) is 13.7 Å². The molecule has 206 valence electrons. The number of aromatic hydroxyl groups is 1. The van der Waals surface area contributed by atoms with Gasteiger partial charge in [0, 0.05) is 5.92 Å². The van der Waals surface area contributed by atoms with E-state index in [1.807, 2.05) is 43.3 Å². The van der Waals surface area contributed by atoms with Gasteiger partial charge in [-0.05, 0) is 72.2 Å². The largest absolute Gasteiger partial charge is 0.508 e. The summed E-state index contributed by atoms with van der Waals surface area (Å²) in [7, 11) is 1.10. The van der Waals surface area contributed by atoms with E-state index in [-0.39, 0.29) is 18.6 Å². The number of methoxy groups -OCH3 is 1. The first kappa shape index (κ1) is 28.5. The summed E-state index contributed by atoms with van der Waals surface area (Å²) in [5, 5.41) is 32.0. The Morgan fingerprint density at radius 3 is 2.51 bits per heavy atom. The number of carbonyl (C=O) groups excluding carboxylic acids is 3. The molecule has 4 rings (SSSR count). The number of halogens is 1. The molecule has 0 spiro atoms. The first-order valence-electron chi connectivity index (χ1n) is 12.9. The first-order valence-corrected chi connectivity index (χ1v) is 13.3. The topological polar surface area (TPSA) is 124 Å². The number of phenols is 1. The molecular formula is C30H32ClNO7. The van der Waals surface area contributed by atoms with Crippen molar-refractivity contribution in [2.24, 2.45) is 17.8 Å². The number of aliphatic hydroxyl groups is 2. The summed E-state index contributed by atoms with van der Waals surface area (Å²) < 4.78 is 4.64. The number of hydrogen-bond acceptors (Lipinski definition) is 7. The Balaban J connectivity index is 1.64. The fraction of sp³-hybridized carbons (Fsp3) is 0.367. The molecule has 2 aromatic carbocycles. The predicted molar refractivity (Wildman–Crippen MR) is 146 cm³/mol. The number of nitrogens with zero attached hydrogens (tertiary/aromatic N) is 1. The molecule has 0 aromatic heterocycles. The number of likely N-dealkylation sites (tertiary alicyclic amines) is 1. The summed E-state index contributed by atoms with van der Waals surface area (Å²) in [6, 6.07) is 14.4. The van der Waals surface area contributed by atoms with Gasteiger partial charge in [-0.2, -0.15) is 4.90 Å². The van der Waals surface area contributed by atoms with Crippen LogP contribution in [0, 0.1) is 17.8 Å². The maximum Gasteiger partial charge on any atom is 0.423 e. The zero-order valence-corrected chi connectivity index (χ0v) is 22.6. The second kappa shape index (κ2) is 12.2. The summed E-state index contributed by atoms with van der Waals surface area (Å²) >= 11 is 6.36. The van der Waals surface area contributed by atoms with Crippen LogP contribution in [0.1, 0.15) is 43.7 Å². The maximum atomic E-state index is 13.1. The second-order valence-corrected chi connectivity index (χ2v) is 10.2. The zero-order chi connectivity index (χ0) is 28.3. The number of hydrogen-bond donors (Lipinski definition) is 3. The SMILES string of the molecule is CCC1=C([C@H](O)CC/C(=C/c2ccc(O)cc2Cl)c2ccccc2)[C@H](CO)[C@@H]2C(=O)N(C(=O)OC)C(=O)[C@@H]2C1. The Kier molecular flexibility index (Phi) is 8.90. The zero-order valence-electron chi connectivity index (χ0n) is 21.8. The maximum absolute atomic E-state index is 13.1. The third-order valence-corrected chi connectivity index (χ3v) is 8.00. The lowest BCUT2D eigenvalue weighted by Gasteiger charge is -2.36. The van der Waals surface area contributed by atoms with Crippen molar-refractivity contribution >= 4 is 41.2 Å². The van der Waals surface area contributed by atoms with E-state index in [4.69, 9.17) is 11.6 Å². The second-order valence-electron chi connectivity index (χ2n) is 9.82. The van der Waals surface area contributed by atoms with Crippen molar-refractivity contribution in [1.82, 2.24) is 4.90 Å². The number of imide groups is 3. The van der Waals surface area contributed by atoms with Crippen LogP contribution in [0.15, 0.2) is 59.7 Å². The van der Waals surface area contributed by atoms with E-state index in [0.29, 0.717) is 33.9 Å². The van der Waals surface area contributed by atoms with E-state index in [1.165, 1.54) is 6.07 Å². The van der Waals surface area contributed by atoms with Crippen molar-refractivity contribution in [3.8, 4) is 5.75 Å². The van der Waals surface area contributed by atoms with Crippen LogP contribution in [0.2, 0.25) is 5.02 Å². The van der Waals surface area contributed by atoms with Gasteiger partial charge in [0.15, 0.2) is 0 Å². The van der Waals surface area contributed by atoms with Crippen LogP contribution in [0.4, 0.5) is 4.79 Å². The molecule has 1 fully saturated rings. The number of ether oxygens (including phenoxy) is 1. The van der Waals surface area contributed by atoms with Crippen LogP contribution in [0.25, 0.3) is 11.6 Å². The van der Waals surface area contributed by atoms with Crippen LogP contribution >= 0.6 is 11.6 Å². The molecule has 1 heterocycles. The average Bonchev–Trinajstić information content (AvgIpc) is 3.19. The standard InChI is InChI=1S/C30H32ClNO7/c1-3-17-14-22-27(29(37)32(28(22)36)30(38)39-2)23(16-33)26(17)25(35)12-10-19(18-7-5-4-6-8-18)13-20-9-11-21(34)15-24(20)31/h4-9,11,13,15,22-23,25,27,33-35H,3,10,12,14,16H2,1-2H3/b19-13-/t22-,23+,25-,27-/m1/s1. The lowest BCUT2D eigenvalue weighted by atomic mass is 9.67. The van der Waals surface area contributed by atoms with Crippen LogP contribution in [0.3, 0.4) is 0 Å². The molecule has 9 heteroatoms. The molecule has 0 radical (unpaired) electrons. The summed E-state index contributed by atoms with van der Waals surface area (Å²) in [6.45, 7) is 1.45. The van der Waals surface area contributed by atoms with Crippen molar-refractivity contribution in [2.45, 2.75) is 38.7 Å². The van der Waals surface area contributed by atoms with E-state index in [1.54, 1.807) is 12.1 Å². The van der Waals surface area contributed by atoms with E-state index in [2.05, 4.69) is 4.74 Å². The molecule has 1 aliphatic carbocycles. The Hall–Kier alpha value is -3.46. The molecule has 1 aliphatic heterocycles. The highest BCUT2D eigenvalue weighted by molar-refractivity contribution is 6.32. The Labute approximate surface area is 232 Å². The molecular weight excluding hydrogens is 522 g/mol. The Bertz CT molecular complexity index is 1320. The molecule has 8 nitrogen and oxygen atoms in total. The van der Waals surface area contributed by atoms with E-state index in [9.17, 15) is 29.7 Å². The minimum Gasteiger partial charge on any atom is -0.508 e. The van der Waals surface area contributed by atoms with Crippen molar-refractivity contribution in [1.29, 1.82) is 0 Å². The van der Waals surface area contributed by atoms with E-state index < -0.39 is 48.4 Å². The van der Waals surface area contributed by atoms with Crippen LogP contribution in [-0.4, -0.2) is 57.9 Å². The molecule has 3 amide bonds. The molecule has 2 aromatic rings. The van der Waals surface area contributed by atoms with Gasteiger partial charge in [0.05, 0.1) is 36.7 Å². The van der Waals surface area contributed by atoms with Crippen LogP contribution in [0.5, 0.6) is 5.75 Å². The number of fused-ring (bicyclic) bond motifs is 1. The van der Waals surface area contributed by atoms with Gasteiger partial charge in [-0.25, -0.2) is 4.79 Å². The minimum atomic E-state index is -1.04. The highest BCUT2D eigenvalue weighted by Crippen LogP contribution is 2.47. The van der Waals surface area contributed by atoms with Crippen molar-refractivity contribution < 1.29 is 34.4 Å².